The van der Waals surface area contributed by atoms with E-state index in [1.54, 1.807) is 32.0 Å². The van der Waals surface area contributed by atoms with Gasteiger partial charge in [0.2, 0.25) is 0 Å². The molecule has 13 heteroatoms. The van der Waals surface area contributed by atoms with E-state index in [2.05, 4.69) is 9.88 Å². The summed E-state index contributed by atoms with van der Waals surface area (Å²) in [6.07, 6.45) is 2.62. The summed E-state index contributed by atoms with van der Waals surface area (Å²) < 4.78 is 43.3. The number of ether oxygens (including phenoxy) is 4. The number of carbonyl (C=O) groups is 4. The minimum atomic E-state index is -3.04. The van der Waals surface area contributed by atoms with Crippen molar-refractivity contribution in [1.29, 1.82) is 0 Å². The van der Waals surface area contributed by atoms with Crippen LogP contribution < -0.4 is 0 Å². The van der Waals surface area contributed by atoms with Gasteiger partial charge in [0.25, 0.3) is 5.67 Å². The molecule has 3 aliphatic heterocycles. The van der Waals surface area contributed by atoms with Crippen molar-refractivity contribution in [2.24, 2.45) is 29.6 Å². The van der Waals surface area contributed by atoms with Gasteiger partial charge in [-0.3, -0.25) is 9.59 Å². The molecule has 3 aliphatic rings. The van der Waals surface area contributed by atoms with Crippen molar-refractivity contribution in [2.45, 2.75) is 142 Å². The molecule has 3 fully saturated rings. The third kappa shape index (κ3) is 8.89. The van der Waals surface area contributed by atoms with Crippen LogP contribution in [0, 0.1) is 29.6 Å². The van der Waals surface area contributed by atoms with Crippen molar-refractivity contribution in [1.82, 2.24) is 19.4 Å². The molecule has 3 saturated heterocycles. The van der Waals surface area contributed by atoms with Crippen LogP contribution in [-0.4, -0.2) is 112 Å². The lowest BCUT2D eigenvalue weighted by atomic mass is 9.75. The van der Waals surface area contributed by atoms with Crippen LogP contribution in [0.2, 0.25) is 0 Å². The highest BCUT2D eigenvalue weighted by atomic mass is 19.1. The first kappa shape index (κ1) is 43.4. The molecule has 12 nitrogen and oxygen atoms in total. The number of halogens is 1. The Bertz CT molecular complexity index is 1700. The molecule has 0 radical (unpaired) electrons. The highest BCUT2D eigenvalue weighted by molar-refractivity contribution is 6.07. The van der Waals surface area contributed by atoms with E-state index >= 15 is 4.39 Å². The molecule has 1 amide bonds. The second-order valence-corrected chi connectivity index (χ2v) is 17.3. The van der Waals surface area contributed by atoms with Crippen molar-refractivity contribution in [3.05, 3.63) is 42.9 Å². The molecule has 0 bridgehead atoms. The summed E-state index contributed by atoms with van der Waals surface area (Å²) in [7, 11) is 4.00. The summed E-state index contributed by atoms with van der Waals surface area (Å²) in [6.45, 7) is 16.0. The number of aromatic nitrogens is 2. The zero-order valence-electron chi connectivity index (χ0n) is 35.1. The lowest BCUT2D eigenvalue weighted by molar-refractivity contribution is -0.259. The van der Waals surface area contributed by atoms with Gasteiger partial charge >= 0.3 is 12.1 Å². The molecule has 0 aliphatic carbocycles. The van der Waals surface area contributed by atoms with Gasteiger partial charge in [-0.2, -0.15) is 0 Å². The zero-order chi connectivity index (χ0) is 41.3. The Hall–Kier alpha value is -3.68. The number of benzene rings is 1. The second-order valence-electron chi connectivity index (χ2n) is 17.3. The smallest absolute Gasteiger partial charge is 0.410 e. The molecule has 56 heavy (non-hydrogen) atoms. The Balaban J connectivity index is 1.39. The molecule has 1 aromatic carbocycles. The first-order chi connectivity index (χ1) is 26.3. The quantitative estimate of drug-likeness (QED) is 0.153. The van der Waals surface area contributed by atoms with Gasteiger partial charge in [0.05, 0.1) is 30.3 Å². The Kier molecular flexibility index (Phi) is 13.5. The normalized spacial score (nSPS) is 37.6. The van der Waals surface area contributed by atoms with Gasteiger partial charge in [-0.05, 0) is 73.4 Å². The van der Waals surface area contributed by atoms with E-state index < -0.39 is 77.3 Å². The number of rotatable bonds is 9. The average Bonchev–Trinajstić information content (AvgIpc) is 3.73. The number of cyclic esters (lactones) is 1. The molecule has 0 N–H and O–H groups in total. The number of hydrogen-bond donors (Lipinski definition) is 0. The highest BCUT2D eigenvalue weighted by Crippen LogP contribution is 2.42. The number of carbonyl (C=O) groups excluding carboxylic acids is 4. The van der Waals surface area contributed by atoms with Crippen LogP contribution >= 0.6 is 0 Å². The highest BCUT2D eigenvalue weighted by Gasteiger charge is 2.60. The summed E-state index contributed by atoms with van der Waals surface area (Å²) in [5, 5.41) is 0. The molecule has 5 rings (SSSR count). The van der Waals surface area contributed by atoms with Crippen LogP contribution in [0.1, 0.15) is 88.0 Å². The summed E-state index contributed by atoms with van der Waals surface area (Å²) in [6, 6.07) is 9.20. The number of alkyl halides is 1. The van der Waals surface area contributed by atoms with Crippen LogP contribution in [0.4, 0.5) is 9.18 Å². The van der Waals surface area contributed by atoms with Crippen LogP contribution in [-0.2, 0) is 39.9 Å². The predicted molar refractivity (Wildman–Crippen MR) is 209 cm³/mol. The predicted octanol–water partition coefficient (Wildman–Crippen LogP) is 6.74. The van der Waals surface area contributed by atoms with Crippen LogP contribution in [0.15, 0.2) is 42.9 Å². The molecule has 0 saturated carbocycles. The number of imidazole rings is 1. The Morgan fingerprint density at radius 1 is 0.929 bits per heavy atom. The number of fused-ring (bicyclic) bond motifs is 1. The van der Waals surface area contributed by atoms with E-state index in [-0.39, 0.29) is 30.4 Å². The summed E-state index contributed by atoms with van der Waals surface area (Å²) in [4.78, 5) is 64.0. The maximum Gasteiger partial charge on any atom is 0.410 e. The lowest BCUT2D eigenvalue weighted by Gasteiger charge is -2.45. The van der Waals surface area contributed by atoms with Gasteiger partial charge in [-0.15, -0.1) is 0 Å². The molecule has 1 unspecified atom stereocenters. The van der Waals surface area contributed by atoms with Gasteiger partial charge in [-0.1, -0.05) is 65.0 Å². The van der Waals surface area contributed by atoms with Crippen molar-refractivity contribution in [2.75, 3.05) is 20.6 Å². The van der Waals surface area contributed by atoms with Crippen LogP contribution in [0.25, 0.3) is 11.3 Å². The minimum Gasteiger partial charge on any atom is -0.456 e. The number of aryl methyl sites for hydroxylation is 1. The molecular weight excluding hydrogens is 719 g/mol. The van der Waals surface area contributed by atoms with Crippen molar-refractivity contribution in [3.8, 4) is 11.3 Å². The van der Waals surface area contributed by atoms with E-state index in [1.807, 2.05) is 82.9 Å². The van der Waals surface area contributed by atoms with Crippen LogP contribution in [0.3, 0.4) is 0 Å². The van der Waals surface area contributed by atoms with E-state index in [1.165, 1.54) is 6.92 Å². The number of ketones is 2. The monoisotopic (exact) mass is 782 g/mol. The van der Waals surface area contributed by atoms with Gasteiger partial charge in [-0.25, -0.2) is 19.0 Å². The lowest BCUT2D eigenvalue weighted by Crippen LogP contribution is -2.58. The number of hydrogen-bond acceptors (Lipinski definition) is 10. The van der Waals surface area contributed by atoms with Crippen molar-refractivity contribution in [3.63, 3.8) is 0 Å². The first-order valence-electron chi connectivity index (χ1n) is 20.3. The second kappa shape index (κ2) is 17.4. The SMILES string of the molecule is C[C@H]1[C@H](OC2[C@@H](C)C[C@@H](C)C(=O)[C@H](C)[C@@H]3N(CCCCn4cnc(-c5ccccc5)c4)C(=O)O[C@]3(C)[C@@H](C)OC(=O)[C@@](C)(F)C(=O)[C@@H]2C)O[C@H](C)C[C@@H]1N(C)C. The number of amides is 1. The Morgan fingerprint density at radius 2 is 1.59 bits per heavy atom. The molecular formula is C43H63FN4O8. The fraction of sp³-hybridized carbons (Fsp3) is 0.698. The molecule has 0 spiro atoms. The Morgan fingerprint density at radius 3 is 2.25 bits per heavy atom. The number of Topliss-reactive ketones (excluding diaryl/α,β-unsaturated/α-hetero) is 2. The van der Waals surface area contributed by atoms with Gasteiger partial charge in [0, 0.05) is 54.6 Å². The van der Waals surface area contributed by atoms with E-state index in [0.717, 1.165) is 24.6 Å². The minimum absolute atomic E-state index is 0.0827. The fourth-order valence-corrected chi connectivity index (χ4v) is 9.23. The molecule has 4 heterocycles. The molecule has 13 atom stereocenters. The van der Waals surface area contributed by atoms with Gasteiger partial charge in [0.15, 0.2) is 17.7 Å². The zero-order valence-corrected chi connectivity index (χ0v) is 35.1. The third-order valence-electron chi connectivity index (χ3n) is 12.7. The van der Waals surface area contributed by atoms with E-state index in [0.29, 0.717) is 25.8 Å². The number of unbranched alkanes of at least 4 members (excludes halogenated alkanes) is 1. The van der Waals surface area contributed by atoms with E-state index in [9.17, 15) is 19.2 Å². The third-order valence-corrected chi connectivity index (χ3v) is 12.7. The summed E-state index contributed by atoms with van der Waals surface area (Å²) >= 11 is 0. The number of esters is 1. The molecule has 2 aromatic rings. The topological polar surface area (TPSA) is 130 Å². The molecule has 1 aromatic heterocycles. The fourth-order valence-electron chi connectivity index (χ4n) is 9.23. The maximum atomic E-state index is 16.6. The Labute approximate surface area is 331 Å². The summed E-state index contributed by atoms with van der Waals surface area (Å²) in [5.41, 5.74) is -2.67. The van der Waals surface area contributed by atoms with E-state index in [4.69, 9.17) is 18.9 Å². The van der Waals surface area contributed by atoms with Crippen LogP contribution in [0.5, 0.6) is 0 Å². The van der Waals surface area contributed by atoms with Crippen molar-refractivity contribution < 1.29 is 42.5 Å². The standard InChI is InChI=1S/C43H63FN4O8/c1-25-21-26(2)36(55-39-28(4)34(46(10)11)22-27(3)53-39)30(6)38(50)42(8,44)40(51)54-31(7)43(9)37(29(5)35(25)49)48(41(52)56-43)20-16-15-19-47-23-33(45-24-47)32-17-13-12-14-18-32/h12-14,17-18,23-31,34,36-37,39H,15-16,19-22H2,1-11H3/t25-,26+,27-,28-,29+,30-,31-,34+,36?,37+,39+,42+,43-/m1/s1. The largest absolute Gasteiger partial charge is 0.456 e. The van der Waals surface area contributed by atoms with Gasteiger partial charge in [0.1, 0.15) is 11.9 Å². The first-order valence-corrected chi connectivity index (χ1v) is 20.3. The average molecular weight is 783 g/mol. The number of nitrogens with zero attached hydrogens (tertiary/aromatic N) is 4. The summed E-state index contributed by atoms with van der Waals surface area (Å²) in [5.74, 6) is -5.33. The van der Waals surface area contributed by atoms with Gasteiger partial charge < -0.3 is 33.3 Å². The van der Waals surface area contributed by atoms with Crippen molar-refractivity contribution >= 4 is 23.6 Å². The maximum absolute atomic E-state index is 16.6. The molecule has 310 valence electrons.